The summed E-state index contributed by atoms with van der Waals surface area (Å²) in [5, 5.41) is 3.84. The number of nitrogens with one attached hydrogen (secondary N) is 1. The molecule has 2 nitrogen and oxygen atoms in total. The van der Waals surface area contributed by atoms with Crippen molar-refractivity contribution in [3.8, 4) is 0 Å². The van der Waals surface area contributed by atoms with Gasteiger partial charge in [0.1, 0.15) is 0 Å². The average molecular weight is 354 g/mol. The van der Waals surface area contributed by atoms with Crippen LogP contribution in [-0.2, 0) is 11.2 Å². The zero-order chi connectivity index (χ0) is 16.1. The molecule has 1 N–H and O–H groups in total. The number of hydrogen-bond acceptors (Lipinski definition) is 2. The molecular weight excluding hydrogens is 337 g/mol. The van der Waals surface area contributed by atoms with E-state index in [1.54, 1.807) is 18.2 Å². The Bertz CT molecular complexity index is 658. The molecule has 0 aromatic heterocycles. The van der Waals surface area contributed by atoms with Gasteiger partial charge in [-0.25, -0.2) is 0 Å². The van der Waals surface area contributed by atoms with Crippen LogP contribution in [0.5, 0.6) is 0 Å². The summed E-state index contributed by atoms with van der Waals surface area (Å²) in [4.78, 5) is 13.1. The molecule has 2 rings (SSSR count). The van der Waals surface area contributed by atoms with Crippen LogP contribution >= 0.6 is 35.0 Å². The highest BCUT2D eigenvalue weighted by Gasteiger charge is 2.16. The number of carbonyl (C=O) groups excluding carboxylic acids is 1. The molecule has 0 spiro atoms. The Labute approximate surface area is 145 Å². The lowest BCUT2D eigenvalue weighted by Crippen LogP contribution is -2.22. The molecule has 0 radical (unpaired) electrons. The maximum atomic E-state index is 12.3. The highest BCUT2D eigenvalue weighted by atomic mass is 35.5. The molecule has 0 saturated heterocycles. The van der Waals surface area contributed by atoms with Crippen LogP contribution in [0.4, 0.5) is 5.69 Å². The van der Waals surface area contributed by atoms with Gasteiger partial charge in [-0.1, -0.05) is 42.3 Å². The fourth-order valence-electron chi connectivity index (χ4n) is 1.88. The zero-order valence-electron chi connectivity index (χ0n) is 12.4. The van der Waals surface area contributed by atoms with E-state index in [0.29, 0.717) is 10.0 Å². The van der Waals surface area contributed by atoms with E-state index in [0.717, 1.165) is 17.0 Å². The third kappa shape index (κ3) is 4.67. The minimum atomic E-state index is -0.276. The van der Waals surface area contributed by atoms with E-state index in [-0.39, 0.29) is 11.2 Å². The van der Waals surface area contributed by atoms with Crippen molar-refractivity contribution < 1.29 is 4.79 Å². The molecule has 1 atom stereocenters. The molecule has 116 valence electrons. The lowest BCUT2D eigenvalue weighted by molar-refractivity contribution is -0.115. The molecule has 22 heavy (non-hydrogen) atoms. The van der Waals surface area contributed by atoms with E-state index in [4.69, 9.17) is 23.2 Å². The van der Waals surface area contributed by atoms with Gasteiger partial charge in [-0.05, 0) is 49.2 Å². The summed E-state index contributed by atoms with van der Waals surface area (Å²) in [6, 6.07) is 13.1. The minimum Gasteiger partial charge on any atom is -0.325 e. The van der Waals surface area contributed by atoms with E-state index in [1.165, 1.54) is 17.3 Å². The number of thioether (sulfide) groups is 1. The predicted octanol–water partition coefficient (Wildman–Crippen LogP) is 5.68. The maximum Gasteiger partial charge on any atom is 0.237 e. The van der Waals surface area contributed by atoms with Crippen molar-refractivity contribution in [3.05, 3.63) is 58.1 Å². The third-order valence-corrected chi connectivity index (χ3v) is 5.03. The van der Waals surface area contributed by atoms with Crippen LogP contribution < -0.4 is 5.32 Å². The number of benzene rings is 2. The highest BCUT2D eigenvalue weighted by Crippen LogP contribution is 2.33. The maximum absolute atomic E-state index is 12.3. The normalized spacial score (nSPS) is 12.0. The summed E-state index contributed by atoms with van der Waals surface area (Å²) in [5.74, 6) is -0.0645. The quantitative estimate of drug-likeness (QED) is 0.701. The molecule has 0 aliphatic rings. The molecule has 0 heterocycles. The SMILES string of the molecule is CCc1ccc(NC(=O)C(C)Sc2cc(Cl)ccc2Cl)cc1. The van der Waals surface area contributed by atoms with Gasteiger partial charge in [0.05, 0.1) is 10.3 Å². The largest absolute Gasteiger partial charge is 0.325 e. The lowest BCUT2D eigenvalue weighted by Gasteiger charge is -2.13. The smallest absolute Gasteiger partial charge is 0.237 e. The Morgan fingerprint density at radius 1 is 1.18 bits per heavy atom. The van der Waals surface area contributed by atoms with Gasteiger partial charge in [0.15, 0.2) is 0 Å². The average Bonchev–Trinajstić information content (AvgIpc) is 2.51. The van der Waals surface area contributed by atoms with E-state index < -0.39 is 0 Å². The fraction of sp³-hybridized carbons (Fsp3) is 0.235. The van der Waals surface area contributed by atoms with Crippen molar-refractivity contribution in [2.24, 2.45) is 0 Å². The topological polar surface area (TPSA) is 29.1 Å². The van der Waals surface area contributed by atoms with Gasteiger partial charge in [0.2, 0.25) is 5.91 Å². The van der Waals surface area contributed by atoms with Gasteiger partial charge < -0.3 is 5.32 Å². The second-order valence-corrected chi connectivity index (χ2v) is 7.10. The van der Waals surface area contributed by atoms with Gasteiger partial charge in [-0.3, -0.25) is 4.79 Å². The van der Waals surface area contributed by atoms with Crippen molar-refractivity contribution >= 4 is 46.6 Å². The Hall–Kier alpha value is -1.16. The molecular formula is C17H17Cl2NOS. The monoisotopic (exact) mass is 353 g/mol. The Morgan fingerprint density at radius 3 is 2.50 bits per heavy atom. The molecule has 2 aromatic carbocycles. The second-order valence-electron chi connectivity index (χ2n) is 4.87. The third-order valence-electron chi connectivity index (χ3n) is 3.20. The number of anilines is 1. The van der Waals surface area contributed by atoms with Gasteiger partial charge >= 0.3 is 0 Å². The molecule has 0 fully saturated rings. The molecule has 2 aromatic rings. The molecule has 1 unspecified atom stereocenters. The number of carbonyl (C=O) groups is 1. The summed E-state index contributed by atoms with van der Waals surface area (Å²) in [5.41, 5.74) is 2.04. The number of aryl methyl sites for hydroxylation is 1. The van der Waals surface area contributed by atoms with Gasteiger partial charge in [0, 0.05) is 15.6 Å². The molecule has 0 saturated carbocycles. The Morgan fingerprint density at radius 2 is 1.86 bits per heavy atom. The van der Waals surface area contributed by atoms with E-state index >= 15 is 0 Å². The van der Waals surface area contributed by atoms with Crippen LogP contribution in [0.1, 0.15) is 19.4 Å². The van der Waals surface area contributed by atoms with E-state index in [2.05, 4.69) is 12.2 Å². The summed E-state index contributed by atoms with van der Waals surface area (Å²) >= 11 is 13.5. The van der Waals surface area contributed by atoms with Crippen LogP contribution in [0.15, 0.2) is 47.4 Å². The fourth-order valence-corrected chi connectivity index (χ4v) is 3.29. The van der Waals surface area contributed by atoms with E-state index in [1.807, 2.05) is 31.2 Å². The second kappa shape index (κ2) is 7.91. The number of halogens is 2. The van der Waals surface area contributed by atoms with Crippen LogP contribution in [-0.4, -0.2) is 11.2 Å². The zero-order valence-corrected chi connectivity index (χ0v) is 14.7. The minimum absolute atomic E-state index is 0.0645. The summed E-state index contributed by atoms with van der Waals surface area (Å²) in [7, 11) is 0. The van der Waals surface area contributed by atoms with Gasteiger partial charge in [0.25, 0.3) is 0 Å². The molecule has 1 amide bonds. The summed E-state index contributed by atoms with van der Waals surface area (Å²) in [6.45, 7) is 3.94. The first-order chi connectivity index (χ1) is 10.5. The first-order valence-electron chi connectivity index (χ1n) is 7.01. The Kier molecular flexibility index (Phi) is 6.18. The molecule has 0 aliphatic heterocycles. The first-order valence-corrected chi connectivity index (χ1v) is 8.64. The standard InChI is InChI=1S/C17H17Cl2NOS/c1-3-12-4-7-14(8-5-12)20-17(21)11(2)22-16-10-13(18)6-9-15(16)19/h4-11H,3H2,1-2H3,(H,20,21). The van der Waals surface area contributed by atoms with Gasteiger partial charge in [-0.2, -0.15) is 0 Å². The predicted molar refractivity (Wildman–Crippen MR) is 96.2 cm³/mol. The number of hydrogen-bond donors (Lipinski definition) is 1. The number of amides is 1. The lowest BCUT2D eigenvalue weighted by atomic mass is 10.1. The van der Waals surface area contributed by atoms with Crippen LogP contribution in [0.3, 0.4) is 0 Å². The summed E-state index contributed by atoms with van der Waals surface area (Å²) in [6.07, 6.45) is 0.980. The van der Waals surface area contributed by atoms with Crippen molar-refractivity contribution in [3.63, 3.8) is 0 Å². The van der Waals surface area contributed by atoms with Crippen LogP contribution in [0.25, 0.3) is 0 Å². The van der Waals surface area contributed by atoms with E-state index in [9.17, 15) is 4.79 Å². The van der Waals surface area contributed by atoms with Gasteiger partial charge in [-0.15, -0.1) is 11.8 Å². The van der Waals surface area contributed by atoms with Crippen LogP contribution in [0, 0.1) is 0 Å². The number of rotatable bonds is 5. The van der Waals surface area contributed by atoms with Crippen molar-refractivity contribution in [1.82, 2.24) is 0 Å². The molecule has 0 bridgehead atoms. The Balaban J connectivity index is 2.00. The molecule has 5 heteroatoms. The van der Waals surface area contributed by atoms with Crippen molar-refractivity contribution in [2.75, 3.05) is 5.32 Å². The van der Waals surface area contributed by atoms with Crippen molar-refractivity contribution in [2.45, 2.75) is 30.4 Å². The van der Waals surface area contributed by atoms with Crippen molar-refractivity contribution in [1.29, 1.82) is 0 Å². The molecule has 0 aliphatic carbocycles. The van der Waals surface area contributed by atoms with Crippen LogP contribution in [0.2, 0.25) is 10.0 Å². The summed E-state index contributed by atoms with van der Waals surface area (Å²) < 4.78 is 0. The highest BCUT2D eigenvalue weighted by molar-refractivity contribution is 8.00. The first kappa shape index (κ1) is 17.2.